The molecule has 6 heteroatoms. The minimum absolute atomic E-state index is 0.199. The van der Waals surface area contributed by atoms with E-state index in [1.54, 1.807) is 0 Å². The first-order chi connectivity index (χ1) is 44.9. The molecule has 512 valence electrons. The Kier molecular flexibility index (Phi) is 22.0. The molecule has 12 bridgehead atoms. The molecule has 0 saturated heterocycles. The summed E-state index contributed by atoms with van der Waals surface area (Å²) in [6, 6.07) is 46.6. The van der Waals surface area contributed by atoms with Gasteiger partial charge in [0.2, 0.25) is 0 Å². The van der Waals surface area contributed by atoms with Gasteiger partial charge in [-0.1, -0.05) is 257 Å². The van der Waals surface area contributed by atoms with Gasteiger partial charge in [0.15, 0.2) is 0 Å². The predicted molar refractivity (Wildman–Crippen MR) is 403 cm³/mol. The first kappa shape index (κ1) is 72.8. The average molecular weight is 1290 g/mol. The minimum atomic E-state index is -0.205. The first-order valence-corrected chi connectivity index (χ1v) is 35.8. The second-order valence-electron chi connectivity index (χ2n) is 33.6. The topological polar surface area (TPSA) is 55.4 Å². The monoisotopic (exact) mass is 1290 g/mol. The third-order valence-electron chi connectivity index (χ3n) is 19.1. The fourth-order valence-electron chi connectivity index (χ4n) is 13.3. The SMILES string of the molecule is CCOc1c2cc(C(C)(C)C)cc1Cc1cc(C(C)(C)C)cc(c1OCc1ccc(C)cc1)Cc1cc(C(C)(C)C)cc(c1OCC)Cc1cc(C(C)(C)C)cc(c1OCC)Cc1cc(C(C)(C)C)cc(c1OCc1ccc(C)cc1)Cc1cc(C(C)(C)C)cc(c1OCC)C2. The number of ether oxygens (including phenoxy) is 6. The molecule has 8 aromatic rings. The van der Waals surface area contributed by atoms with Gasteiger partial charge in [0.25, 0.3) is 0 Å². The van der Waals surface area contributed by atoms with E-state index in [0.717, 1.165) is 112 Å². The van der Waals surface area contributed by atoms with Crippen molar-refractivity contribution in [2.75, 3.05) is 26.4 Å². The first-order valence-electron chi connectivity index (χ1n) is 35.8. The van der Waals surface area contributed by atoms with Crippen LogP contribution < -0.4 is 28.4 Å². The van der Waals surface area contributed by atoms with Crippen molar-refractivity contribution < 1.29 is 28.4 Å². The highest BCUT2D eigenvalue weighted by Crippen LogP contribution is 2.47. The van der Waals surface area contributed by atoms with Gasteiger partial charge in [0.05, 0.1) is 26.4 Å². The lowest BCUT2D eigenvalue weighted by Crippen LogP contribution is -2.17. The lowest BCUT2D eigenvalue weighted by molar-refractivity contribution is 0.299. The Morgan fingerprint density at radius 1 is 0.229 bits per heavy atom. The molecule has 1 aliphatic carbocycles. The Morgan fingerprint density at radius 3 is 0.510 bits per heavy atom. The lowest BCUT2D eigenvalue weighted by atomic mass is 9.79. The Bertz CT molecular complexity index is 3580. The van der Waals surface area contributed by atoms with E-state index in [4.69, 9.17) is 28.4 Å². The van der Waals surface area contributed by atoms with Crippen LogP contribution in [-0.4, -0.2) is 26.4 Å². The summed E-state index contributed by atoms with van der Waals surface area (Å²) in [5.41, 5.74) is 24.5. The number of benzene rings is 8. The molecule has 0 fully saturated rings. The molecule has 9 rings (SSSR count). The van der Waals surface area contributed by atoms with Gasteiger partial charge in [-0.15, -0.1) is 0 Å². The third kappa shape index (κ3) is 17.4. The van der Waals surface area contributed by atoms with Crippen LogP contribution in [0.15, 0.2) is 121 Å². The number of hydrogen-bond acceptors (Lipinski definition) is 6. The smallest absolute Gasteiger partial charge is 0.126 e. The molecule has 0 aromatic heterocycles. The summed E-state index contributed by atoms with van der Waals surface area (Å²) in [5, 5.41) is 0. The van der Waals surface area contributed by atoms with Gasteiger partial charge in [-0.2, -0.15) is 0 Å². The summed E-state index contributed by atoms with van der Waals surface area (Å²) in [6.45, 7) is 57.6. The maximum Gasteiger partial charge on any atom is 0.126 e. The van der Waals surface area contributed by atoms with Gasteiger partial charge >= 0.3 is 0 Å². The lowest BCUT2D eigenvalue weighted by Gasteiger charge is -2.29. The van der Waals surface area contributed by atoms with Crippen LogP contribution in [0.3, 0.4) is 0 Å². The standard InChI is InChI=1S/C90H116O6/c1-25-91-79-61-37-62-44-74(86(10,11)12)48-66(80(62)92-26-2)40-71-53-78(90(22,23)24)54-72(84(71)96-56-60-35-31-58(6)32-36-60)42-68-50-76(88(16,17)18)46-64(82(68)94-28-4)38-63-45-75(87(13,14)15)49-67(81(63)93-27-3)41-70-52-77(89(19,20)21)51-69(39-65(79)47-73(43-61)85(7,8)9)83(70)95-55-59-33-29-57(5)30-34-59/h29-36,43-54H,25-28,37-42,55-56H2,1-24H3. The van der Waals surface area contributed by atoms with Crippen LogP contribution in [0.25, 0.3) is 0 Å². The van der Waals surface area contributed by atoms with Crippen molar-refractivity contribution >= 4 is 0 Å². The summed E-state index contributed by atoms with van der Waals surface area (Å²) in [7, 11) is 0. The zero-order chi connectivity index (χ0) is 70.0. The van der Waals surface area contributed by atoms with Gasteiger partial charge in [-0.25, -0.2) is 0 Å². The third-order valence-corrected chi connectivity index (χ3v) is 19.1. The second-order valence-corrected chi connectivity index (χ2v) is 33.6. The van der Waals surface area contributed by atoms with Gasteiger partial charge in [0.1, 0.15) is 47.7 Å². The summed E-state index contributed by atoms with van der Waals surface area (Å²) in [4.78, 5) is 0. The largest absolute Gasteiger partial charge is 0.493 e. The van der Waals surface area contributed by atoms with Crippen molar-refractivity contribution in [3.8, 4) is 34.5 Å². The van der Waals surface area contributed by atoms with Gasteiger partial charge in [0, 0.05) is 38.5 Å². The van der Waals surface area contributed by atoms with Crippen molar-refractivity contribution in [3.05, 3.63) is 244 Å². The molecule has 0 amide bonds. The maximum atomic E-state index is 7.47. The van der Waals surface area contributed by atoms with Gasteiger partial charge in [-0.3, -0.25) is 0 Å². The summed E-state index contributed by atoms with van der Waals surface area (Å²) < 4.78 is 43.5. The summed E-state index contributed by atoms with van der Waals surface area (Å²) in [5.74, 6) is 5.45. The van der Waals surface area contributed by atoms with Crippen LogP contribution in [-0.2, 0) is 84.2 Å². The molecule has 0 radical (unpaired) electrons. The summed E-state index contributed by atoms with van der Waals surface area (Å²) in [6.07, 6.45) is 3.49. The van der Waals surface area contributed by atoms with E-state index in [9.17, 15) is 0 Å². The Labute approximate surface area is 580 Å². The van der Waals surface area contributed by atoms with Crippen molar-refractivity contribution in [3.63, 3.8) is 0 Å². The number of rotatable bonds is 14. The molecule has 0 atom stereocenters. The fourth-order valence-corrected chi connectivity index (χ4v) is 13.3. The van der Waals surface area contributed by atoms with Crippen LogP contribution in [0.2, 0.25) is 0 Å². The molecule has 8 aromatic carbocycles. The van der Waals surface area contributed by atoms with E-state index in [2.05, 4.69) is 287 Å². The van der Waals surface area contributed by atoms with Crippen LogP contribution in [0.4, 0.5) is 0 Å². The Morgan fingerprint density at radius 2 is 0.375 bits per heavy atom. The molecule has 1 aliphatic rings. The van der Waals surface area contributed by atoms with E-state index in [0.29, 0.717) is 78.2 Å². The molecule has 0 spiro atoms. The van der Waals surface area contributed by atoms with E-state index in [1.807, 2.05) is 0 Å². The molecule has 0 unspecified atom stereocenters. The Balaban J connectivity index is 1.45. The van der Waals surface area contributed by atoms with E-state index >= 15 is 0 Å². The zero-order valence-corrected chi connectivity index (χ0v) is 63.5. The van der Waals surface area contributed by atoms with E-state index in [-0.39, 0.29) is 32.5 Å². The highest BCUT2D eigenvalue weighted by atomic mass is 16.5. The number of hydrogen-bond donors (Lipinski definition) is 0. The second kappa shape index (κ2) is 28.9. The van der Waals surface area contributed by atoms with Crippen LogP contribution in [0.1, 0.15) is 275 Å². The summed E-state index contributed by atoms with van der Waals surface area (Å²) >= 11 is 0. The highest BCUT2D eigenvalue weighted by molar-refractivity contribution is 5.62. The molecular weight excluding hydrogens is 1180 g/mol. The van der Waals surface area contributed by atoms with E-state index < -0.39 is 0 Å². The molecular formula is C90H116O6. The predicted octanol–water partition coefficient (Wildman–Crippen LogP) is 22.7. The molecule has 0 aliphatic heterocycles. The molecule has 0 saturated carbocycles. The quantitative estimate of drug-likeness (QED) is 0.108. The Hall–Kier alpha value is -7.44. The van der Waals surface area contributed by atoms with Crippen molar-refractivity contribution in [1.82, 2.24) is 0 Å². The van der Waals surface area contributed by atoms with Gasteiger partial charge < -0.3 is 28.4 Å². The molecule has 0 heterocycles. The molecule has 96 heavy (non-hydrogen) atoms. The fraction of sp³-hybridized carbons (Fsp3) is 0.467. The molecule has 6 nitrogen and oxygen atoms in total. The number of aryl methyl sites for hydroxylation is 2. The van der Waals surface area contributed by atoms with Crippen molar-refractivity contribution in [2.45, 2.75) is 250 Å². The van der Waals surface area contributed by atoms with E-state index in [1.165, 1.54) is 44.5 Å². The zero-order valence-electron chi connectivity index (χ0n) is 63.5. The highest BCUT2D eigenvalue weighted by Gasteiger charge is 2.32. The van der Waals surface area contributed by atoms with Crippen LogP contribution >= 0.6 is 0 Å². The average Bonchev–Trinajstić information content (AvgIpc) is 0.774. The van der Waals surface area contributed by atoms with Crippen LogP contribution in [0, 0.1) is 13.8 Å². The normalized spacial score (nSPS) is 13.4. The van der Waals surface area contributed by atoms with Crippen molar-refractivity contribution in [1.29, 1.82) is 0 Å². The minimum Gasteiger partial charge on any atom is -0.493 e. The van der Waals surface area contributed by atoms with Gasteiger partial charge in [-0.05, 0) is 185 Å². The van der Waals surface area contributed by atoms with Crippen molar-refractivity contribution in [2.24, 2.45) is 0 Å². The molecule has 0 N–H and O–H groups in total. The number of fused-ring (bicyclic) bond motifs is 12. The van der Waals surface area contributed by atoms with Crippen LogP contribution in [0.5, 0.6) is 34.5 Å². The maximum absolute atomic E-state index is 7.47.